The number of carbonyl (C=O) groups excluding carboxylic acids is 1. The fourth-order valence-corrected chi connectivity index (χ4v) is 10.3. The van der Waals surface area contributed by atoms with Gasteiger partial charge in [-0.05, 0) is 73.4 Å². The predicted octanol–water partition coefficient (Wildman–Crippen LogP) is 9.42. The van der Waals surface area contributed by atoms with Gasteiger partial charge in [-0.25, -0.2) is 8.42 Å². The number of carbonyl (C=O) groups is 1. The fourth-order valence-electron chi connectivity index (χ4n) is 4.66. The predicted molar refractivity (Wildman–Crippen MR) is 180 cm³/mol. The van der Waals surface area contributed by atoms with Gasteiger partial charge >= 0.3 is 0 Å². The van der Waals surface area contributed by atoms with E-state index < -0.39 is 32.6 Å². The third-order valence-corrected chi connectivity index (χ3v) is 19.7. The monoisotopic (exact) mass is 628 g/mol. The molecule has 0 N–H and O–H groups in total. The molecule has 0 saturated carbocycles. The molecule has 2 aromatic carbocycles. The molecule has 0 bridgehead atoms. The highest BCUT2D eigenvalue weighted by atomic mass is 32.2. The van der Waals surface area contributed by atoms with Crippen molar-refractivity contribution in [3.8, 4) is 0 Å². The molecule has 0 heterocycles. The summed E-state index contributed by atoms with van der Waals surface area (Å²) in [7, 11) is -8.13. The lowest BCUT2D eigenvalue weighted by molar-refractivity contribution is -0.112. The smallest absolute Gasteiger partial charge is 0.202 e. The van der Waals surface area contributed by atoms with Gasteiger partial charge < -0.3 is 8.85 Å². The van der Waals surface area contributed by atoms with Gasteiger partial charge in [-0.15, -0.1) is 0 Å². The molecule has 42 heavy (non-hydrogen) atoms. The molecule has 2 aromatic rings. The van der Waals surface area contributed by atoms with E-state index in [0.717, 1.165) is 23.7 Å². The second kappa shape index (κ2) is 15.6. The highest BCUT2D eigenvalue weighted by Crippen LogP contribution is 2.39. The van der Waals surface area contributed by atoms with Crippen LogP contribution in [0.15, 0.2) is 88.7 Å². The molecule has 0 unspecified atom stereocenters. The molecule has 0 aliphatic rings. The van der Waals surface area contributed by atoms with Gasteiger partial charge in [0.05, 0.1) is 17.1 Å². The lowest BCUT2D eigenvalue weighted by Crippen LogP contribution is -2.43. The van der Waals surface area contributed by atoms with E-state index in [1.165, 1.54) is 13.0 Å². The van der Waals surface area contributed by atoms with Crippen LogP contribution in [0.2, 0.25) is 36.3 Å². The first-order valence-corrected chi connectivity index (χ1v) is 22.1. The Morgan fingerprint density at radius 3 is 1.88 bits per heavy atom. The van der Waals surface area contributed by atoms with Crippen LogP contribution in [0.1, 0.15) is 73.0 Å². The summed E-state index contributed by atoms with van der Waals surface area (Å²) in [6.07, 6.45) is 4.78. The molecule has 232 valence electrons. The largest absolute Gasteiger partial charge is 0.410 e. The van der Waals surface area contributed by atoms with Crippen LogP contribution in [0, 0.1) is 0 Å². The van der Waals surface area contributed by atoms with Crippen LogP contribution < -0.4 is 0 Å². The molecule has 0 saturated heterocycles. The Morgan fingerprint density at radius 1 is 0.881 bits per heavy atom. The van der Waals surface area contributed by atoms with Crippen LogP contribution >= 0.6 is 0 Å². The van der Waals surface area contributed by atoms with E-state index >= 15 is 0 Å². The number of hydrogen-bond donors (Lipinski definition) is 0. The minimum atomic E-state index is -3.83. The zero-order valence-corrected chi connectivity index (χ0v) is 30.0. The SMILES string of the molecule is CC[Si](CC)(CC)O[C@@H](C/C=C(\C[C@@H](/C=C/C(C)=O)O[Si](C)(C)C(C)(C)C)S(=O)(=O)c1ccccc1)c1ccccc1. The van der Waals surface area contributed by atoms with Crippen molar-refractivity contribution in [3.05, 3.63) is 89.4 Å². The standard InChI is InChI=1S/C34H52O5SSi2/c1-10-42(11-2,12-3)39-33(29-19-15-13-16-20-29)26-25-32(40(36,37)31-21-17-14-18-22-31)27-30(24-23-28(4)35)38-41(8,9)34(5,6)7/h13-25,30,33H,10-12,26-27H2,1-9H3/b24-23+,32-25+/t30-,33+/m1/s1. The van der Waals surface area contributed by atoms with E-state index in [9.17, 15) is 13.2 Å². The van der Waals surface area contributed by atoms with Crippen LogP contribution in [-0.4, -0.2) is 36.9 Å². The number of sulfone groups is 1. The third-order valence-electron chi connectivity index (χ3n) is 8.66. The molecule has 2 rings (SSSR count). The fraction of sp³-hybridized carbons (Fsp3) is 0.500. The second-order valence-electron chi connectivity index (χ2n) is 12.6. The summed E-state index contributed by atoms with van der Waals surface area (Å²) in [5, 5.41) is -0.0852. The van der Waals surface area contributed by atoms with Crippen molar-refractivity contribution in [1.29, 1.82) is 0 Å². The van der Waals surface area contributed by atoms with Crippen molar-refractivity contribution in [2.45, 2.75) is 115 Å². The van der Waals surface area contributed by atoms with E-state index in [1.54, 1.807) is 30.3 Å². The first-order valence-electron chi connectivity index (χ1n) is 15.2. The number of rotatable bonds is 16. The zero-order chi connectivity index (χ0) is 31.6. The average molecular weight is 629 g/mol. The summed E-state index contributed by atoms with van der Waals surface area (Å²) in [5.74, 6) is -0.104. The Balaban J connectivity index is 2.65. The highest BCUT2D eigenvalue weighted by Gasteiger charge is 2.39. The van der Waals surface area contributed by atoms with Crippen LogP contribution in [0.4, 0.5) is 0 Å². The van der Waals surface area contributed by atoms with Crippen LogP contribution in [0.3, 0.4) is 0 Å². The molecule has 0 spiro atoms. The Hall–Kier alpha value is -2.11. The minimum Gasteiger partial charge on any atom is -0.410 e. The molecular weight excluding hydrogens is 577 g/mol. The Labute approximate surface area is 257 Å². The Bertz CT molecular complexity index is 1280. The number of ketones is 1. The van der Waals surface area contributed by atoms with E-state index in [-0.39, 0.29) is 33.1 Å². The van der Waals surface area contributed by atoms with Crippen molar-refractivity contribution in [1.82, 2.24) is 0 Å². The number of allylic oxidation sites excluding steroid dienone is 1. The van der Waals surface area contributed by atoms with Gasteiger partial charge in [0.15, 0.2) is 22.4 Å². The van der Waals surface area contributed by atoms with Gasteiger partial charge in [-0.2, -0.15) is 0 Å². The summed E-state index contributed by atoms with van der Waals surface area (Å²) < 4.78 is 41.9. The molecule has 0 aliphatic heterocycles. The molecule has 0 aromatic heterocycles. The van der Waals surface area contributed by atoms with Crippen molar-refractivity contribution in [2.24, 2.45) is 0 Å². The molecular formula is C34H52O5SSi2. The van der Waals surface area contributed by atoms with E-state index in [4.69, 9.17) is 8.85 Å². The van der Waals surface area contributed by atoms with Gasteiger partial charge in [0.25, 0.3) is 0 Å². The normalized spacial score (nSPS) is 15.1. The molecule has 0 radical (unpaired) electrons. The van der Waals surface area contributed by atoms with E-state index in [1.807, 2.05) is 30.3 Å². The van der Waals surface area contributed by atoms with E-state index in [2.05, 4.69) is 66.8 Å². The highest BCUT2D eigenvalue weighted by molar-refractivity contribution is 7.95. The molecule has 5 nitrogen and oxygen atoms in total. The summed E-state index contributed by atoms with van der Waals surface area (Å²) in [4.78, 5) is 12.5. The maximum Gasteiger partial charge on any atom is 0.202 e. The molecule has 0 fully saturated rings. The molecule has 2 atom stereocenters. The van der Waals surface area contributed by atoms with Gasteiger partial charge in [-0.3, -0.25) is 4.79 Å². The number of benzene rings is 2. The van der Waals surface area contributed by atoms with Crippen molar-refractivity contribution in [3.63, 3.8) is 0 Å². The lowest BCUT2D eigenvalue weighted by Gasteiger charge is -2.39. The quantitative estimate of drug-likeness (QED) is 0.137. The van der Waals surface area contributed by atoms with Crippen LogP contribution in [0.25, 0.3) is 0 Å². The first-order chi connectivity index (χ1) is 19.6. The summed E-state index contributed by atoms with van der Waals surface area (Å²) in [6.45, 7) is 18.8. The lowest BCUT2D eigenvalue weighted by atomic mass is 10.1. The zero-order valence-electron chi connectivity index (χ0n) is 27.1. The molecule has 8 heteroatoms. The van der Waals surface area contributed by atoms with Crippen LogP contribution in [-0.2, 0) is 23.5 Å². The Morgan fingerprint density at radius 2 is 1.40 bits per heavy atom. The van der Waals surface area contributed by atoms with Crippen molar-refractivity contribution >= 4 is 32.3 Å². The second-order valence-corrected chi connectivity index (χ2v) is 24.1. The van der Waals surface area contributed by atoms with Crippen molar-refractivity contribution in [2.75, 3.05) is 0 Å². The Kier molecular flexibility index (Phi) is 13.4. The topological polar surface area (TPSA) is 69.7 Å². The summed E-state index contributed by atoms with van der Waals surface area (Å²) >= 11 is 0. The van der Waals surface area contributed by atoms with Gasteiger partial charge in [0.2, 0.25) is 9.84 Å². The first kappa shape index (κ1) is 36.1. The third kappa shape index (κ3) is 9.98. The summed E-state index contributed by atoms with van der Waals surface area (Å²) in [5.41, 5.74) is 1.04. The summed E-state index contributed by atoms with van der Waals surface area (Å²) in [6, 6.07) is 21.7. The minimum absolute atomic E-state index is 0.0852. The average Bonchev–Trinajstić information content (AvgIpc) is 2.95. The van der Waals surface area contributed by atoms with Crippen LogP contribution in [0.5, 0.6) is 0 Å². The molecule has 0 aliphatic carbocycles. The van der Waals surface area contributed by atoms with E-state index in [0.29, 0.717) is 6.42 Å². The van der Waals surface area contributed by atoms with Crippen molar-refractivity contribution < 1.29 is 22.1 Å². The van der Waals surface area contributed by atoms with Gasteiger partial charge in [-0.1, -0.05) is 102 Å². The van der Waals surface area contributed by atoms with Gasteiger partial charge in [0.1, 0.15) is 0 Å². The maximum absolute atomic E-state index is 14.1. The van der Waals surface area contributed by atoms with Gasteiger partial charge in [0, 0.05) is 11.3 Å². The number of hydrogen-bond acceptors (Lipinski definition) is 5. The molecule has 0 amide bonds. The maximum atomic E-state index is 14.1.